The van der Waals surface area contributed by atoms with Crippen LogP contribution < -0.4 is 20.3 Å². The number of amides is 1. The van der Waals surface area contributed by atoms with E-state index < -0.39 is 11.5 Å². The molecular formula is C23H26N2O6. The zero-order valence-corrected chi connectivity index (χ0v) is 17.9. The number of hydrogen-bond acceptors (Lipinski definition) is 6. The van der Waals surface area contributed by atoms with Crippen LogP contribution in [0.3, 0.4) is 0 Å². The van der Waals surface area contributed by atoms with Crippen LogP contribution >= 0.6 is 0 Å². The van der Waals surface area contributed by atoms with Gasteiger partial charge in [-0.3, -0.25) is 9.59 Å². The minimum atomic E-state index is -0.443. The number of benzene rings is 1. The number of carbonyl (C=O) groups is 1. The summed E-state index contributed by atoms with van der Waals surface area (Å²) in [5.74, 6) is 2.39. The van der Waals surface area contributed by atoms with E-state index in [4.69, 9.17) is 18.9 Å². The number of aromatic amines is 1. The third-order valence-corrected chi connectivity index (χ3v) is 5.74. The first kappa shape index (κ1) is 20.8. The second-order valence-corrected chi connectivity index (χ2v) is 7.51. The third kappa shape index (κ3) is 3.97. The molecule has 1 atom stereocenters. The van der Waals surface area contributed by atoms with Gasteiger partial charge in [-0.2, -0.15) is 0 Å². The maximum absolute atomic E-state index is 12.7. The number of pyridine rings is 1. The summed E-state index contributed by atoms with van der Waals surface area (Å²) >= 11 is 0. The van der Waals surface area contributed by atoms with Crippen molar-refractivity contribution in [1.82, 2.24) is 10.3 Å². The standard InChI is InChI=1S/C23H26N2O6/c1-4-14-10-19-21(31-12-30-19)20-15(14)11-16(23(27)25-20)22(26)24-8-7-13-5-6-17(28-2)18(9-13)29-3/h5-6,9,11,14H,4,7-8,10,12H2,1-3H3,(H,24,26)(H,25,27). The topological polar surface area (TPSA) is 98.9 Å². The zero-order valence-electron chi connectivity index (χ0n) is 17.9. The third-order valence-electron chi connectivity index (χ3n) is 5.74. The second-order valence-electron chi connectivity index (χ2n) is 7.51. The summed E-state index contributed by atoms with van der Waals surface area (Å²) in [6.07, 6.45) is 2.15. The number of rotatable bonds is 7. The molecule has 1 unspecified atom stereocenters. The van der Waals surface area contributed by atoms with Crippen molar-refractivity contribution >= 4 is 11.7 Å². The minimum absolute atomic E-state index is 0.104. The molecule has 2 aliphatic rings. The van der Waals surface area contributed by atoms with E-state index in [-0.39, 0.29) is 18.3 Å². The molecule has 1 amide bonds. The number of fused-ring (bicyclic) bond motifs is 2. The Hall–Kier alpha value is -3.42. The fourth-order valence-electron chi connectivity index (χ4n) is 4.04. The SMILES string of the molecule is CCC1CC2=C(OCO2)c2[nH]c(=O)c(C(=O)NCCc3ccc(OC)c(OC)c3)cc21. The quantitative estimate of drug-likeness (QED) is 0.706. The number of ether oxygens (including phenoxy) is 4. The highest BCUT2D eigenvalue weighted by molar-refractivity contribution is 5.94. The summed E-state index contributed by atoms with van der Waals surface area (Å²) in [6.45, 7) is 2.61. The van der Waals surface area contributed by atoms with Crippen LogP contribution in [0.4, 0.5) is 0 Å². The van der Waals surface area contributed by atoms with Gasteiger partial charge in [0.25, 0.3) is 11.5 Å². The highest BCUT2D eigenvalue weighted by Gasteiger charge is 2.33. The molecule has 1 aromatic heterocycles. The Morgan fingerprint density at radius 2 is 2.00 bits per heavy atom. The van der Waals surface area contributed by atoms with Crippen LogP contribution in [0.15, 0.2) is 34.8 Å². The Balaban J connectivity index is 1.49. The van der Waals surface area contributed by atoms with Crippen LogP contribution in [0.5, 0.6) is 11.5 Å². The van der Waals surface area contributed by atoms with Crippen molar-refractivity contribution in [2.45, 2.75) is 32.1 Å². The fraction of sp³-hybridized carbons (Fsp3) is 0.391. The van der Waals surface area contributed by atoms with E-state index in [0.29, 0.717) is 42.3 Å². The molecule has 8 nitrogen and oxygen atoms in total. The molecule has 0 bridgehead atoms. The summed E-state index contributed by atoms with van der Waals surface area (Å²) < 4.78 is 21.6. The van der Waals surface area contributed by atoms with Crippen molar-refractivity contribution in [3.63, 3.8) is 0 Å². The Bertz CT molecular complexity index is 1090. The average molecular weight is 426 g/mol. The van der Waals surface area contributed by atoms with Crippen LogP contribution in [0.2, 0.25) is 0 Å². The predicted octanol–water partition coefficient (Wildman–Crippen LogP) is 2.93. The normalized spacial score (nSPS) is 16.7. The zero-order chi connectivity index (χ0) is 22.0. The summed E-state index contributed by atoms with van der Waals surface area (Å²) in [7, 11) is 3.16. The highest BCUT2D eigenvalue weighted by atomic mass is 16.7. The average Bonchev–Trinajstić information content (AvgIpc) is 3.26. The van der Waals surface area contributed by atoms with Gasteiger partial charge in [-0.15, -0.1) is 0 Å². The van der Waals surface area contributed by atoms with Crippen molar-refractivity contribution in [3.05, 3.63) is 62.8 Å². The summed E-state index contributed by atoms with van der Waals surface area (Å²) in [5, 5.41) is 2.84. The number of methoxy groups -OCH3 is 2. The fourth-order valence-corrected chi connectivity index (χ4v) is 4.04. The maximum Gasteiger partial charge on any atom is 0.261 e. The lowest BCUT2D eigenvalue weighted by Gasteiger charge is -2.23. The van der Waals surface area contributed by atoms with E-state index in [1.165, 1.54) is 0 Å². The summed E-state index contributed by atoms with van der Waals surface area (Å²) in [4.78, 5) is 28.2. The summed E-state index contributed by atoms with van der Waals surface area (Å²) in [6, 6.07) is 7.31. The first-order valence-electron chi connectivity index (χ1n) is 10.3. The Labute approximate surface area is 180 Å². The van der Waals surface area contributed by atoms with Gasteiger partial charge in [0.2, 0.25) is 6.79 Å². The molecule has 0 fully saturated rings. The summed E-state index contributed by atoms with van der Waals surface area (Å²) in [5.41, 5.74) is 2.18. The van der Waals surface area contributed by atoms with E-state index in [1.807, 2.05) is 18.2 Å². The van der Waals surface area contributed by atoms with Crippen molar-refractivity contribution in [2.24, 2.45) is 0 Å². The molecule has 8 heteroatoms. The molecule has 0 saturated heterocycles. The van der Waals surface area contributed by atoms with Gasteiger partial charge in [0.1, 0.15) is 11.3 Å². The number of carbonyl (C=O) groups excluding carboxylic acids is 1. The van der Waals surface area contributed by atoms with Crippen molar-refractivity contribution < 1.29 is 23.7 Å². The van der Waals surface area contributed by atoms with E-state index in [0.717, 1.165) is 23.3 Å². The first-order chi connectivity index (χ1) is 15.0. The molecule has 1 aliphatic heterocycles. The lowest BCUT2D eigenvalue weighted by Crippen LogP contribution is -2.32. The number of H-pyrrole nitrogens is 1. The second kappa shape index (κ2) is 8.75. The molecule has 164 valence electrons. The molecule has 2 heterocycles. The monoisotopic (exact) mass is 426 g/mol. The van der Waals surface area contributed by atoms with E-state index in [1.54, 1.807) is 20.3 Å². The smallest absolute Gasteiger partial charge is 0.261 e. The van der Waals surface area contributed by atoms with Gasteiger partial charge >= 0.3 is 0 Å². The van der Waals surface area contributed by atoms with Gasteiger partial charge in [0, 0.05) is 13.0 Å². The molecule has 0 spiro atoms. The van der Waals surface area contributed by atoms with Gasteiger partial charge in [-0.05, 0) is 48.1 Å². The number of hydrogen-bond donors (Lipinski definition) is 2. The lowest BCUT2D eigenvalue weighted by atomic mass is 9.85. The van der Waals surface area contributed by atoms with Crippen LogP contribution in [0, 0.1) is 0 Å². The van der Waals surface area contributed by atoms with Gasteiger partial charge in [0.05, 0.1) is 19.9 Å². The van der Waals surface area contributed by atoms with Gasteiger partial charge < -0.3 is 29.2 Å². The molecule has 1 aromatic carbocycles. The van der Waals surface area contributed by atoms with Crippen molar-refractivity contribution in [1.29, 1.82) is 0 Å². The Morgan fingerprint density at radius 1 is 1.19 bits per heavy atom. The van der Waals surface area contributed by atoms with E-state index >= 15 is 0 Å². The molecule has 4 rings (SSSR count). The van der Waals surface area contributed by atoms with Crippen LogP contribution in [0.25, 0.3) is 5.76 Å². The molecule has 2 aromatic rings. The Morgan fingerprint density at radius 3 is 2.74 bits per heavy atom. The minimum Gasteiger partial charge on any atom is -0.493 e. The number of allylic oxidation sites excluding steroid dienone is 1. The molecular weight excluding hydrogens is 400 g/mol. The predicted molar refractivity (Wildman–Crippen MR) is 114 cm³/mol. The highest BCUT2D eigenvalue weighted by Crippen LogP contribution is 2.42. The van der Waals surface area contributed by atoms with Crippen LogP contribution in [0.1, 0.15) is 52.9 Å². The van der Waals surface area contributed by atoms with Gasteiger partial charge in [-0.1, -0.05) is 13.0 Å². The Kier molecular flexibility index (Phi) is 5.88. The molecule has 31 heavy (non-hydrogen) atoms. The molecule has 0 radical (unpaired) electrons. The first-order valence-corrected chi connectivity index (χ1v) is 10.3. The molecule has 1 aliphatic carbocycles. The largest absolute Gasteiger partial charge is 0.493 e. The van der Waals surface area contributed by atoms with Crippen molar-refractivity contribution in [3.8, 4) is 11.5 Å². The number of aromatic nitrogens is 1. The van der Waals surface area contributed by atoms with E-state index in [2.05, 4.69) is 17.2 Å². The van der Waals surface area contributed by atoms with Crippen LogP contribution in [-0.2, 0) is 15.9 Å². The van der Waals surface area contributed by atoms with Gasteiger partial charge in [-0.25, -0.2) is 0 Å². The van der Waals surface area contributed by atoms with Crippen LogP contribution in [-0.4, -0.2) is 38.4 Å². The van der Waals surface area contributed by atoms with E-state index in [9.17, 15) is 9.59 Å². The maximum atomic E-state index is 12.7. The van der Waals surface area contributed by atoms with Gasteiger partial charge in [0.15, 0.2) is 17.3 Å². The number of nitrogens with one attached hydrogen (secondary N) is 2. The molecule has 2 N–H and O–H groups in total. The molecule has 0 saturated carbocycles. The lowest BCUT2D eigenvalue weighted by molar-refractivity contribution is 0.0841. The van der Waals surface area contributed by atoms with Crippen molar-refractivity contribution in [2.75, 3.05) is 27.6 Å².